The van der Waals surface area contributed by atoms with Gasteiger partial charge in [-0.15, -0.1) is 0 Å². The van der Waals surface area contributed by atoms with Crippen molar-refractivity contribution in [2.24, 2.45) is 0 Å². The van der Waals surface area contributed by atoms with E-state index < -0.39 is 34.9 Å². The molecule has 2 rings (SSSR count). The van der Waals surface area contributed by atoms with Gasteiger partial charge in [0.1, 0.15) is 5.82 Å². The Morgan fingerprint density at radius 2 is 1.56 bits per heavy atom. The van der Waals surface area contributed by atoms with E-state index in [4.69, 9.17) is 0 Å². The van der Waals surface area contributed by atoms with E-state index in [2.05, 4.69) is 10.6 Å². The van der Waals surface area contributed by atoms with Gasteiger partial charge in [0.25, 0.3) is 11.8 Å². The molecule has 2 amide bonds. The lowest BCUT2D eigenvalue weighted by Crippen LogP contribution is -2.40. The maximum atomic E-state index is 13.4. The number of alkyl halides is 3. The summed E-state index contributed by atoms with van der Waals surface area (Å²) in [7, 11) is 0. The summed E-state index contributed by atoms with van der Waals surface area (Å²) in [5.41, 5.74) is -2.16. The predicted octanol–water partition coefficient (Wildman–Crippen LogP) is 4.63. The Labute approximate surface area is 153 Å². The Hall–Kier alpha value is -2.90. The Balaban J connectivity index is 2.31. The molecule has 0 radical (unpaired) electrons. The highest BCUT2D eigenvalue weighted by atomic mass is 19.4. The lowest BCUT2D eigenvalue weighted by atomic mass is 10.1. The quantitative estimate of drug-likeness (QED) is 0.761. The molecule has 0 spiro atoms. The molecule has 144 valence electrons. The fraction of sp³-hybridized carbons (Fsp3) is 0.263. The molecule has 0 aliphatic rings. The van der Waals surface area contributed by atoms with E-state index in [0.29, 0.717) is 12.1 Å². The number of hydrogen-bond acceptors (Lipinski definition) is 2. The second-order valence-electron chi connectivity index (χ2n) is 6.90. The van der Waals surface area contributed by atoms with Gasteiger partial charge >= 0.3 is 6.18 Å². The van der Waals surface area contributed by atoms with Crippen LogP contribution < -0.4 is 10.6 Å². The van der Waals surface area contributed by atoms with Crippen molar-refractivity contribution in [2.75, 3.05) is 5.32 Å². The van der Waals surface area contributed by atoms with Crippen molar-refractivity contribution in [3.8, 4) is 0 Å². The van der Waals surface area contributed by atoms with E-state index in [0.717, 1.165) is 6.07 Å². The normalized spacial score (nSPS) is 11.8. The van der Waals surface area contributed by atoms with Crippen LogP contribution in [0.1, 0.15) is 47.1 Å². The molecule has 0 heterocycles. The molecule has 2 aromatic carbocycles. The molecule has 0 aliphatic carbocycles. The molecule has 4 nitrogen and oxygen atoms in total. The van der Waals surface area contributed by atoms with Gasteiger partial charge in [-0.25, -0.2) is 4.39 Å². The Morgan fingerprint density at radius 3 is 2.15 bits per heavy atom. The molecule has 0 unspecified atom stereocenters. The first-order chi connectivity index (χ1) is 12.4. The minimum Gasteiger partial charge on any atom is -0.347 e. The van der Waals surface area contributed by atoms with Crippen LogP contribution in [0.5, 0.6) is 0 Å². The largest absolute Gasteiger partial charge is 0.419 e. The zero-order valence-corrected chi connectivity index (χ0v) is 14.9. The number of carbonyl (C=O) groups excluding carboxylic acids is 2. The summed E-state index contributed by atoms with van der Waals surface area (Å²) in [6, 6.07) is 8.03. The van der Waals surface area contributed by atoms with Gasteiger partial charge in [-0.05, 0) is 51.1 Å². The molecule has 0 saturated carbocycles. The summed E-state index contributed by atoms with van der Waals surface area (Å²) in [4.78, 5) is 24.7. The van der Waals surface area contributed by atoms with Crippen molar-refractivity contribution >= 4 is 17.5 Å². The molecule has 0 aliphatic heterocycles. The molecular formula is C19H18F4N2O2. The summed E-state index contributed by atoms with van der Waals surface area (Å²) in [6.45, 7) is 5.34. The highest BCUT2D eigenvalue weighted by Crippen LogP contribution is 2.32. The average Bonchev–Trinajstić information content (AvgIpc) is 2.53. The maximum absolute atomic E-state index is 13.4. The van der Waals surface area contributed by atoms with Crippen LogP contribution in [0.3, 0.4) is 0 Å². The Morgan fingerprint density at radius 1 is 0.926 bits per heavy atom. The van der Waals surface area contributed by atoms with Gasteiger partial charge in [0.15, 0.2) is 0 Å². The number of amides is 2. The van der Waals surface area contributed by atoms with Gasteiger partial charge < -0.3 is 10.6 Å². The van der Waals surface area contributed by atoms with E-state index in [-0.39, 0.29) is 16.8 Å². The highest BCUT2D eigenvalue weighted by Gasteiger charge is 2.34. The summed E-state index contributed by atoms with van der Waals surface area (Å²) in [5, 5.41) is 5.14. The first-order valence-corrected chi connectivity index (χ1v) is 7.98. The second kappa shape index (κ2) is 7.38. The summed E-state index contributed by atoms with van der Waals surface area (Å²) < 4.78 is 51.8. The minimum absolute atomic E-state index is 0.127. The number of hydrogen-bond donors (Lipinski definition) is 2. The van der Waals surface area contributed by atoms with Crippen molar-refractivity contribution < 1.29 is 27.2 Å². The lowest BCUT2D eigenvalue weighted by Gasteiger charge is -2.21. The van der Waals surface area contributed by atoms with Gasteiger partial charge in [0.05, 0.1) is 16.8 Å². The third-order valence-corrected chi connectivity index (χ3v) is 3.44. The van der Waals surface area contributed by atoms with E-state index in [9.17, 15) is 27.2 Å². The monoisotopic (exact) mass is 382 g/mol. The number of benzene rings is 2. The fourth-order valence-corrected chi connectivity index (χ4v) is 2.28. The van der Waals surface area contributed by atoms with Crippen LogP contribution in [0.2, 0.25) is 0 Å². The Kier molecular flexibility index (Phi) is 5.58. The number of para-hydroxylation sites is 1. The smallest absolute Gasteiger partial charge is 0.347 e. The minimum atomic E-state index is -4.93. The van der Waals surface area contributed by atoms with E-state index in [1.807, 2.05) is 0 Å². The topological polar surface area (TPSA) is 58.2 Å². The van der Waals surface area contributed by atoms with Crippen molar-refractivity contribution in [3.63, 3.8) is 0 Å². The molecule has 0 aromatic heterocycles. The summed E-state index contributed by atoms with van der Waals surface area (Å²) >= 11 is 0. The van der Waals surface area contributed by atoms with Crippen molar-refractivity contribution in [1.29, 1.82) is 0 Å². The summed E-state index contributed by atoms with van der Waals surface area (Å²) in [5.74, 6) is -2.81. The van der Waals surface area contributed by atoms with Gasteiger partial charge in [-0.1, -0.05) is 12.1 Å². The van der Waals surface area contributed by atoms with E-state index in [1.165, 1.54) is 12.1 Å². The number of rotatable bonds is 3. The predicted molar refractivity (Wildman–Crippen MR) is 93.0 cm³/mol. The molecule has 27 heavy (non-hydrogen) atoms. The standard InChI is InChI=1S/C19H18F4N2O2/c1-18(2,3)25-17(27)12-6-4-5-7-15(12)24-16(26)11-8-9-14(20)13(10-11)19(21,22)23/h4-10H,1-3H3,(H,24,26)(H,25,27). The average molecular weight is 382 g/mol. The number of anilines is 1. The first-order valence-electron chi connectivity index (χ1n) is 7.98. The molecule has 8 heteroatoms. The van der Waals surface area contributed by atoms with Gasteiger partial charge in [-0.3, -0.25) is 9.59 Å². The van der Waals surface area contributed by atoms with Crippen LogP contribution in [-0.2, 0) is 6.18 Å². The van der Waals surface area contributed by atoms with Crippen LogP contribution in [-0.4, -0.2) is 17.4 Å². The lowest BCUT2D eigenvalue weighted by molar-refractivity contribution is -0.140. The summed E-state index contributed by atoms with van der Waals surface area (Å²) in [6.07, 6.45) is -4.93. The third kappa shape index (κ3) is 5.29. The van der Waals surface area contributed by atoms with Gasteiger partial charge in [0, 0.05) is 11.1 Å². The van der Waals surface area contributed by atoms with E-state index in [1.54, 1.807) is 32.9 Å². The molecular weight excluding hydrogens is 364 g/mol. The molecule has 2 aromatic rings. The van der Waals surface area contributed by atoms with Crippen molar-refractivity contribution in [2.45, 2.75) is 32.5 Å². The number of carbonyl (C=O) groups is 2. The fourth-order valence-electron chi connectivity index (χ4n) is 2.28. The van der Waals surface area contributed by atoms with Crippen LogP contribution in [0.15, 0.2) is 42.5 Å². The number of halogens is 4. The SMILES string of the molecule is CC(C)(C)NC(=O)c1ccccc1NC(=O)c1ccc(F)c(C(F)(F)F)c1. The second-order valence-corrected chi connectivity index (χ2v) is 6.90. The van der Waals surface area contributed by atoms with Gasteiger partial charge in [-0.2, -0.15) is 13.2 Å². The zero-order valence-electron chi connectivity index (χ0n) is 14.9. The zero-order chi connectivity index (χ0) is 20.4. The molecule has 2 N–H and O–H groups in total. The maximum Gasteiger partial charge on any atom is 0.419 e. The molecule has 0 fully saturated rings. The first kappa shape index (κ1) is 20.4. The van der Waals surface area contributed by atoms with Gasteiger partial charge in [0.2, 0.25) is 0 Å². The molecule has 0 atom stereocenters. The third-order valence-electron chi connectivity index (χ3n) is 3.44. The molecule has 0 bridgehead atoms. The number of nitrogens with one attached hydrogen (secondary N) is 2. The van der Waals surface area contributed by atoms with Crippen LogP contribution >= 0.6 is 0 Å². The van der Waals surface area contributed by atoms with Crippen LogP contribution in [0.4, 0.5) is 23.2 Å². The van der Waals surface area contributed by atoms with Crippen molar-refractivity contribution in [3.05, 3.63) is 65.0 Å². The molecule has 0 saturated heterocycles. The van der Waals surface area contributed by atoms with Crippen LogP contribution in [0, 0.1) is 5.82 Å². The Bertz CT molecular complexity index is 871. The van der Waals surface area contributed by atoms with Crippen molar-refractivity contribution in [1.82, 2.24) is 5.32 Å². The van der Waals surface area contributed by atoms with E-state index >= 15 is 0 Å². The highest BCUT2D eigenvalue weighted by molar-refractivity contribution is 6.09. The van der Waals surface area contributed by atoms with Crippen LogP contribution in [0.25, 0.3) is 0 Å².